The van der Waals surface area contributed by atoms with Crippen LogP contribution in [0.4, 0.5) is 0 Å². The van der Waals surface area contributed by atoms with E-state index in [1.165, 1.54) is 25.7 Å². The van der Waals surface area contributed by atoms with Gasteiger partial charge in [0.25, 0.3) is 0 Å². The maximum Gasteiger partial charge on any atom is 0.469 e. The van der Waals surface area contributed by atoms with Crippen LogP contribution in [0.25, 0.3) is 0 Å². The van der Waals surface area contributed by atoms with E-state index < -0.39 is 38.6 Å². The summed E-state index contributed by atoms with van der Waals surface area (Å²) in [4.78, 5) is 42.7. The molecule has 1 unspecified atom stereocenters. The van der Waals surface area contributed by atoms with Crippen LogP contribution in [-0.4, -0.2) is 52.3 Å². The van der Waals surface area contributed by atoms with Crippen molar-refractivity contribution in [3.8, 4) is 0 Å². The van der Waals surface area contributed by atoms with Crippen LogP contribution in [0.2, 0.25) is 0 Å². The first-order chi connectivity index (χ1) is 25.7. The Bertz CT molecular complexity index is 1190. The summed E-state index contributed by atoms with van der Waals surface area (Å²) in [7, 11) is -4.79. The predicted octanol–water partition coefficient (Wildman–Crippen LogP) is 10.8. The van der Waals surface area contributed by atoms with Gasteiger partial charge >= 0.3 is 19.8 Å². The molecule has 0 saturated heterocycles. The Morgan fingerprint density at radius 3 is 1.83 bits per heavy atom. The summed E-state index contributed by atoms with van der Waals surface area (Å²) in [5, 5.41) is 9.81. The predicted molar refractivity (Wildman–Crippen MR) is 217 cm³/mol. The summed E-state index contributed by atoms with van der Waals surface area (Å²) in [5.41, 5.74) is 0. The normalized spacial score (nSPS) is 14.1. The molecule has 0 aliphatic carbocycles. The zero-order chi connectivity index (χ0) is 39.1. The van der Waals surface area contributed by atoms with Crippen LogP contribution in [0.1, 0.15) is 136 Å². The molecule has 0 bridgehead atoms. The van der Waals surface area contributed by atoms with Gasteiger partial charge in [-0.2, -0.15) is 0 Å². The second-order valence-corrected chi connectivity index (χ2v) is 14.0. The number of aliphatic hydroxyl groups excluding tert-OH is 1. The third-order valence-electron chi connectivity index (χ3n) is 7.71. The quantitative estimate of drug-likeness (QED) is 0.0192. The Labute approximate surface area is 320 Å². The standard InChI is InChI=1S/C43H69O9P/c1-3-5-7-8-9-10-11-12-13-16-20-23-26-29-33-37-43(46)52-41(39-51-53(47,48)49)38-50-42(45)36-32-28-25-22-19-17-14-15-18-21-24-27-31-35-40(44)34-30-6-4-2/h6,10-13,15,17-19,24-25,27-28,30-31,35,40-41,44H,3-5,7-9,14,16,20-23,26,29,32-34,36-39H2,1-2H3,(H2,47,48,49)/b11-10-,13-12-,18-15-,19-17-,27-24+,28-25-,30-6-,35-31+/t40?,41-/m1/s1. The molecule has 0 heterocycles. The van der Waals surface area contributed by atoms with Gasteiger partial charge in [-0.25, -0.2) is 4.57 Å². The van der Waals surface area contributed by atoms with Crippen molar-refractivity contribution < 1.29 is 43.0 Å². The van der Waals surface area contributed by atoms with Gasteiger partial charge in [-0.1, -0.05) is 150 Å². The van der Waals surface area contributed by atoms with E-state index >= 15 is 0 Å². The average molecular weight is 761 g/mol. The number of esters is 2. The molecule has 10 heteroatoms. The molecule has 0 aromatic heterocycles. The van der Waals surface area contributed by atoms with Gasteiger partial charge in [-0.15, -0.1) is 0 Å². The van der Waals surface area contributed by atoms with Crippen LogP contribution in [0, 0.1) is 0 Å². The molecule has 9 nitrogen and oxygen atoms in total. The highest BCUT2D eigenvalue weighted by atomic mass is 31.2. The number of hydrogen-bond acceptors (Lipinski definition) is 7. The summed E-state index contributed by atoms with van der Waals surface area (Å²) in [6.07, 6.45) is 47.5. The zero-order valence-corrected chi connectivity index (χ0v) is 33.4. The van der Waals surface area contributed by atoms with Crippen LogP contribution in [0.5, 0.6) is 0 Å². The number of unbranched alkanes of at least 4 members (excludes halogenated alkanes) is 9. The largest absolute Gasteiger partial charge is 0.469 e. The van der Waals surface area contributed by atoms with E-state index in [4.69, 9.17) is 19.3 Å². The van der Waals surface area contributed by atoms with E-state index in [0.29, 0.717) is 19.3 Å². The fraction of sp³-hybridized carbons (Fsp3) is 0.581. The Morgan fingerprint density at radius 2 is 1.19 bits per heavy atom. The summed E-state index contributed by atoms with van der Waals surface area (Å²) < 4.78 is 26.2. The van der Waals surface area contributed by atoms with Gasteiger partial charge in [-0.3, -0.25) is 14.1 Å². The van der Waals surface area contributed by atoms with E-state index in [0.717, 1.165) is 64.2 Å². The molecule has 0 spiro atoms. The number of hydrogen-bond donors (Lipinski definition) is 3. The van der Waals surface area contributed by atoms with Crippen LogP contribution in [0.15, 0.2) is 97.2 Å². The molecule has 0 aliphatic rings. The number of phosphoric acid groups is 1. The van der Waals surface area contributed by atoms with E-state index in [9.17, 15) is 19.3 Å². The second-order valence-electron chi connectivity index (χ2n) is 12.7. The summed E-state index contributed by atoms with van der Waals surface area (Å²) in [6.45, 7) is 3.35. The number of carbonyl (C=O) groups excluding carboxylic acids is 2. The minimum absolute atomic E-state index is 0.117. The molecule has 0 rings (SSSR count). The van der Waals surface area contributed by atoms with Gasteiger partial charge in [0.05, 0.1) is 12.7 Å². The number of ether oxygens (including phenoxy) is 2. The third kappa shape index (κ3) is 40.0. The van der Waals surface area contributed by atoms with Crippen LogP contribution in [0.3, 0.4) is 0 Å². The molecule has 0 fully saturated rings. The minimum atomic E-state index is -4.79. The maximum absolute atomic E-state index is 12.4. The highest BCUT2D eigenvalue weighted by Gasteiger charge is 2.22. The fourth-order valence-electron chi connectivity index (χ4n) is 4.77. The fourth-order valence-corrected chi connectivity index (χ4v) is 5.13. The molecular formula is C43H69O9P. The SMILES string of the molecule is CC/C=C\CC(O)/C=C/C=C/C/C=C\C/C=C\C/C=C\CCC(=O)OC[C@H](COP(=O)(O)O)OC(=O)CCCCCCC/C=C\C=C/CCCCCC. The molecular weight excluding hydrogens is 691 g/mol. The van der Waals surface area contributed by atoms with E-state index in [1.54, 1.807) is 6.08 Å². The van der Waals surface area contributed by atoms with E-state index in [-0.39, 0.29) is 19.4 Å². The Balaban J connectivity index is 4.18. The monoisotopic (exact) mass is 760 g/mol. The number of phosphoric ester groups is 1. The van der Waals surface area contributed by atoms with Crippen molar-refractivity contribution >= 4 is 19.8 Å². The zero-order valence-electron chi connectivity index (χ0n) is 32.5. The highest BCUT2D eigenvalue weighted by Crippen LogP contribution is 2.36. The molecule has 0 radical (unpaired) electrons. The Morgan fingerprint density at radius 1 is 0.604 bits per heavy atom. The Kier molecular flexibility index (Phi) is 35.1. The first-order valence-electron chi connectivity index (χ1n) is 19.7. The lowest BCUT2D eigenvalue weighted by Gasteiger charge is -2.18. The van der Waals surface area contributed by atoms with Gasteiger partial charge in [0.2, 0.25) is 0 Å². The van der Waals surface area contributed by atoms with Crippen molar-refractivity contribution in [2.45, 2.75) is 148 Å². The molecule has 0 aromatic rings. The van der Waals surface area contributed by atoms with Crippen molar-refractivity contribution in [1.82, 2.24) is 0 Å². The van der Waals surface area contributed by atoms with Crippen molar-refractivity contribution in [2.75, 3.05) is 13.2 Å². The van der Waals surface area contributed by atoms with Gasteiger partial charge in [0.15, 0.2) is 6.10 Å². The average Bonchev–Trinajstić information content (AvgIpc) is 3.12. The van der Waals surface area contributed by atoms with Crippen LogP contribution >= 0.6 is 7.82 Å². The van der Waals surface area contributed by atoms with Crippen molar-refractivity contribution in [2.24, 2.45) is 0 Å². The molecule has 2 atom stereocenters. The number of allylic oxidation sites excluding steroid dienone is 14. The molecule has 3 N–H and O–H groups in total. The summed E-state index contributed by atoms with van der Waals surface area (Å²) in [5.74, 6) is -1.03. The maximum atomic E-state index is 12.4. The lowest BCUT2D eigenvalue weighted by Crippen LogP contribution is -2.29. The lowest BCUT2D eigenvalue weighted by atomic mass is 10.1. The number of carbonyl (C=O) groups is 2. The first-order valence-corrected chi connectivity index (χ1v) is 21.2. The number of rotatable bonds is 34. The van der Waals surface area contributed by atoms with Crippen molar-refractivity contribution in [1.29, 1.82) is 0 Å². The number of aliphatic hydroxyl groups is 1. The van der Waals surface area contributed by atoms with E-state index in [2.05, 4.69) is 60.9 Å². The van der Waals surface area contributed by atoms with Gasteiger partial charge < -0.3 is 24.4 Å². The smallest absolute Gasteiger partial charge is 0.462 e. The third-order valence-corrected chi connectivity index (χ3v) is 8.19. The van der Waals surface area contributed by atoms with E-state index in [1.807, 2.05) is 48.6 Å². The topological polar surface area (TPSA) is 140 Å². The first kappa shape index (κ1) is 49.9. The van der Waals surface area contributed by atoms with Crippen molar-refractivity contribution in [3.05, 3.63) is 97.2 Å². The van der Waals surface area contributed by atoms with Crippen LogP contribution < -0.4 is 0 Å². The highest BCUT2D eigenvalue weighted by molar-refractivity contribution is 7.46. The lowest BCUT2D eigenvalue weighted by molar-refractivity contribution is -0.161. The van der Waals surface area contributed by atoms with Crippen LogP contribution in [-0.2, 0) is 28.2 Å². The molecule has 0 amide bonds. The molecule has 300 valence electrons. The second kappa shape index (κ2) is 37.3. The molecule has 0 aliphatic heterocycles. The van der Waals surface area contributed by atoms with Gasteiger partial charge in [0.1, 0.15) is 6.61 Å². The molecule has 53 heavy (non-hydrogen) atoms. The van der Waals surface area contributed by atoms with Gasteiger partial charge in [0, 0.05) is 12.8 Å². The minimum Gasteiger partial charge on any atom is -0.462 e. The molecule has 0 saturated carbocycles. The Hall–Kier alpha value is -3.07. The van der Waals surface area contributed by atoms with Crippen molar-refractivity contribution in [3.63, 3.8) is 0 Å². The van der Waals surface area contributed by atoms with Gasteiger partial charge in [-0.05, 0) is 70.6 Å². The molecule has 0 aromatic carbocycles. The summed E-state index contributed by atoms with van der Waals surface area (Å²) >= 11 is 0. The summed E-state index contributed by atoms with van der Waals surface area (Å²) in [6, 6.07) is 0.